The van der Waals surface area contributed by atoms with Crippen LogP contribution in [-0.4, -0.2) is 49.7 Å². The monoisotopic (exact) mass is 408 g/mol. The van der Waals surface area contributed by atoms with Gasteiger partial charge in [0.15, 0.2) is 5.96 Å². The van der Waals surface area contributed by atoms with E-state index in [0.717, 1.165) is 43.6 Å². The van der Waals surface area contributed by atoms with Crippen LogP contribution < -0.4 is 5.32 Å². The molecule has 1 atom stereocenters. The van der Waals surface area contributed by atoms with Crippen molar-refractivity contribution >= 4 is 29.9 Å². The van der Waals surface area contributed by atoms with Gasteiger partial charge in [-0.3, -0.25) is 4.99 Å². The Balaban J connectivity index is 0.00000220. The summed E-state index contributed by atoms with van der Waals surface area (Å²) < 4.78 is 11.0. The molecule has 2 heterocycles. The predicted molar refractivity (Wildman–Crippen MR) is 93.1 cm³/mol. The van der Waals surface area contributed by atoms with Crippen LogP contribution in [0.15, 0.2) is 9.41 Å². The fourth-order valence-corrected chi connectivity index (χ4v) is 2.36. The third-order valence-corrected chi connectivity index (χ3v) is 3.60. The van der Waals surface area contributed by atoms with E-state index in [1.165, 1.54) is 0 Å². The highest BCUT2D eigenvalue weighted by atomic mass is 127. The molecule has 0 saturated carbocycles. The number of halogens is 1. The van der Waals surface area contributed by atoms with E-state index >= 15 is 0 Å². The molecule has 1 aromatic heterocycles. The summed E-state index contributed by atoms with van der Waals surface area (Å²) >= 11 is 0. The van der Waals surface area contributed by atoms with Gasteiger partial charge in [-0.2, -0.15) is 0 Å². The lowest BCUT2D eigenvalue weighted by molar-refractivity contribution is 0.181. The molecule has 1 aliphatic heterocycles. The average Bonchev–Trinajstić information content (AvgIpc) is 3.01. The molecule has 1 saturated heterocycles. The topological polar surface area (TPSA) is 62.9 Å². The molecule has 0 amide bonds. The molecular formula is C14H25IN4O2. The molecule has 0 bridgehead atoms. The number of hydrogen-bond donors (Lipinski definition) is 1. The van der Waals surface area contributed by atoms with Crippen molar-refractivity contribution in [2.75, 3.05) is 33.9 Å². The molecular weight excluding hydrogens is 383 g/mol. The fraction of sp³-hybridized carbons (Fsp3) is 0.714. The number of nitrogens with one attached hydrogen (secondary N) is 1. The van der Waals surface area contributed by atoms with E-state index < -0.39 is 0 Å². The second kappa shape index (κ2) is 8.57. The molecule has 0 aromatic carbocycles. The van der Waals surface area contributed by atoms with Crippen LogP contribution in [0.5, 0.6) is 0 Å². The first-order valence-electron chi connectivity index (χ1n) is 7.02. The van der Waals surface area contributed by atoms with E-state index in [1.807, 2.05) is 20.9 Å². The zero-order valence-corrected chi connectivity index (χ0v) is 15.5. The van der Waals surface area contributed by atoms with Crippen molar-refractivity contribution in [2.24, 2.45) is 10.9 Å². The third-order valence-electron chi connectivity index (χ3n) is 3.60. The highest BCUT2D eigenvalue weighted by Gasteiger charge is 2.19. The van der Waals surface area contributed by atoms with Crippen molar-refractivity contribution in [3.05, 3.63) is 17.3 Å². The average molecular weight is 408 g/mol. The lowest BCUT2D eigenvalue weighted by Gasteiger charge is -2.24. The normalized spacial score (nSPS) is 18.5. The molecule has 120 valence electrons. The minimum Gasteiger partial charge on any atom is -0.444 e. The molecule has 0 radical (unpaired) electrons. The maximum Gasteiger partial charge on any atom is 0.214 e. The third kappa shape index (κ3) is 5.14. The molecule has 6 nitrogen and oxygen atoms in total. The Morgan fingerprint density at radius 3 is 2.76 bits per heavy atom. The second-order valence-corrected chi connectivity index (χ2v) is 5.26. The van der Waals surface area contributed by atoms with E-state index in [4.69, 9.17) is 9.15 Å². The molecule has 7 heteroatoms. The van der Waals surface area contributed by atoms with Crippen LogP contribution in [0.4, 0.5) is 0 Å². The minimum atomic E-state index is 0. The van der Waals surface area contributed by atoms with Crippen molar-refractivity contribution in [2.45, 2.75) is 26.8 Å². The lowest BCUT2D eigenvalue weighted by atomic mass is 10.1. The Kier molecular flexibility index (Phi) is 7.44. The Morgan fingerprint density at radius 2 is 2.24 bits per heavy atom. The molecule has 1 aromatic rings. The van der Waals surface area contributed by atoms with Gasteiger partial charge in [0.2, 0.25) is 5.89 Å². The van der Waals surface area contributed by atoms with E-state index in [9.17, 15) is 0 Å². The Hall–Kier alpha value is -0.830. The van der Waals surface area contributed by atoms with Crippen molar-refractivity contribution < 1.29 is 9.15 Å². The van der Waals surface area contributed by atoms with E-state index in [1.54, 1.807) is 7.05 Å². The first kappa shape index (κ1) is 18.2. The van der Waals surface area contributed by atoms with E-state index in [-0.39, 0.29) is 24.0 Å². The van der Waals surface area contributed by atoms with Gasteiger partial charge in [0, 0.05) is 33.2 Å². The number of guanidine groups is 1. The zero-order chi connectivity index (χ0) is 14.5. The highest BCUT2D eigenvalue weighted by molar-refractivity contribution is 14.0. The number of oxazole rings is 1. The molecule has 0 spiro atoms. The summed E-state index contributed by atoms with van der Waals surface area (Å²) in [6.07, 6.45) is 1.12. The number of aliphatic imine (C=N–C) groups is 1. The van der Waals surface area contributed by atoms with Gasteiger partial charge >= 0.3 is 0 Å². The molecule has 21 heavy (non-hydrogen) atoms. The SMILES string of the molecule is CN=C(NCc1nc(C)c(C)o1)N(C)CC1CCOC1.I. The number of aryl methyl sites for hydroxylation is 2. The van der Waals surface area contributed by atoms with E-state index in [2.05, 4.69) is 20.2 Å². The Bertz CT molecular complexity index is 450. The standard InChI is InChI=1S/C14H24N4O2.HI/c1-10-11(2)20-13(17-10)7-16-14(15-3)18(4)8-12-5-6-19-9-12;/h12H,5-9H2,1-4H3,(H,15,16);1H. The summed E-state index contributed by atoms with van der Waals surface area (Å²) in [6, 6.07) is 0. The number of ether oxygens (including phenoxy) is 1. The van der Waals surface area contributed by atoms with Crippen LogP contribution in [-0.2, 0) is 11.3 Å². The van der Waals surface area contributed by atoms with Crippen LogP contribution >= 0.6 is 24.0 Å². The maximum atomic E-state index is 5.56. The smallest absolute Gasteiger partial charge is 0.214 e. The quantitative estimate of drug-likeness (QED) is 0.469. The highest BCUT2D eigenvalue weighted by Crippen LogP contribution is 2.13. The molecule has 1 fully saturated rings. The van der Waals surface area contributed by atoms with Gasteiger partial charge in [-0.25, -0.2) is 4.98 Å². The second-order valence-electron chi connectivity index (χ2n) is 5.26. The molecule has 1 unspecified atom stereocenters. The predicted octanol–water partition coefficient (Wildman–Crippen LogP) is 1.95. The number of aromatic nitrogens is 1. The number of rotatable bonds is 4. The summed E-state index contributed by atoms with van der Waals surface area (Å²) in [4.78, 5) is 10.8. The van der Waals surface area contributed by atoms with Crippen LogP contribution in [0.2, 0.25) is 0 Å². The van der Waals surface area contributed by atoms with Crippen LogP contribution in [0.3, 0.4) is 0 Å². The first-order valence-corrected chi connectivity index (χ1v) is 7.02. The zero-order valence-electron chi connectivity index (χ0n) is 13.2. The van der Waals surface area contributed by atoms with E-state index in [0.29, 0.717) is 18.4 Å². The summed E-state index contributed by atoms with van der Waals surface area (Å²) in [6.45, 7) is 7.09. The largest absolute Gasteiger partial charge is 0.444 e. The van der Waals surface area contributed by atoms with Gasteiger partial charge in [-0.15, -0.1) is 24.0 Å². The maximum absolute atomic E-state index is 5.56. The molecule has 1 N–H and O–H groups in total. The molecule has 0 aliphatic carbocycles. The van der Waals surface area contributed by atoms with Gasteiger partial charge in [0.1, 0.15) is 5.76 Å². The van der Waals surface area contributed by atoms with Gasteiger partial charge in [0.25, 0.3) is 0 Å². The summed E-state index contributed by atoms with van der Waals surface area (Å²) in [5.41, 5.74) is 0.938. The fourth-order valence-electron chi connectivity index (χ4n) is 2.36. The Labute approximate surface area is 143 Å². The van der Waals surface area contributed by atoms with Gasteiger partial charge in [-0.1, -0.05) is 0 Å². The Morgan fingerprint density at radius 1 is 1.48 bits per heavy atom. The van der Waals surface area contributed by atoms with Crippen molar-refractivity contribution in [1.82, 2.24) is 15.2 Å². The van der Waals surface area contributed by atoms with Crippen molar-refractivity contribution in [3.8, 4) is 0 Å². The van der Waals surface area contributed by atoms with Crippen molar-refractivity contribution in [1.29, 1.82) is 0 Å². The van der Waals surface area contributed by atoms with Gasteiger partial charge < -0.3 is 19.4 Å². The molecule has 1 aliphatic rings. The van der Waals surface area contributed by atoms with Gasteiger partial charge in [-0.05, 0) is 20.3 Å². The number of nitrogens with zero attached hydrogens (tertiary/aromatic N) is 3. The summed E-state index contributed by atoms with van der Waals surface area (Å²) in [5.74, 6) is 3.00. The van der Waals surface area contributed by atoms with Crippen LogP contribution in [0.25, 0.3) is 0 Å². The van der Waals surface area contributed by atoms with Crippen LogP contribution in [0, 0.1) is 19.8 Å². The minimum absolute atomic E-state index is 0. The summed E-state index contributed by atoms with van der Waals surface area (Å²) in [7, 11) is 3.83. The van der Waals surface area contributed by atoms with Crippen LogP contribution in [0.1, 0.15) is 23.8 Å². The number of hydrogen-bond acceptors (Lipinski definition) is 4. The first-order chi connectivity index (χ1) is 9.60. The van der Waals surface area contributed by atoms with Crippen molar-refractivity contribution in [3.63, 3.8) is 0 Å². The van der Waals surface area contributed by atoms with Gasteiger partial charge in [0.05, 0.1) is 18.8 Å². The molecule has 2 rings (SSSR count). The summed E-state index contributed by atoms with van der Waals surface area (Å²) in [5, 5.41) is 3.28. The lowest BCUT2D eigenvalue weighted by Crippen LogP contribution is -2.41.